The van der Waals surface area contributed by atoms with Gasteiger partial charge in [-0.1, -0.05) is 20.3 Å². The molecule has 1 amide bonds. The molecule has 0 saturated carbocycles. The second kappa shape index (κ2) is 10.2. The Labute approximate surface area is 100 Å². The van der Waals surface area contributed by atoms with Crippen LogP contribution in [0.1, 0.15) is 33.1 Å². The lowest BCUT2D eigenvalue weighted by molar-refractivity contribution is -0.130. The molecular formula is C11H25ClN2O. The molecule has 1 unspecified atom stereocenters. The highest BCUT2D eigenvalue weighted by Crippen LogP contribution is 2.04. The van der Waals surface area contributed by atoms with Crippen molar-refractivity contribution in [3.63, 3.8) is 0 Å². The molecule has 0 fully saturated rings. The predicted octanol–water partition coefficient (Wildman–Crippen LogP) is 1.91. The van der Waals surface area contributed by atoms with Crippen LogP contribution >= 0.6 is 12.4 Å². The first-order valence-corrected chi connectivity index (χ1v) is 5.50. The molecule has 0 aromatic heterocycles. The lowest BCUT2D eigenvalue weighted by atomic mass is 10.1. The van der Waals surface area contributed by atoms with Crippen LogP contribution < -0.4 is 5.32 Å². The van der Waals surface area contributed by atoms with E-state index in [1.54, 1.807) is 0 Å². The Morgan fingerprint density at radius 2 is 2.07 bits per heavy atom. The first-order chi connectivity index (χ1) is 6.61. The monoisotopic (exact) mass is 236 g/mol. The molecule has 0 aromatic rings. The normalized spacial score (nSPS) is 11.7. The van der Waals surface area contributed by atoms with Crippen LogP contribution in [0.3, 0.4) is 0 Å². The van der Waals surface area contributed by atoms with E-state index < -0.39 is 0 Å². The van der Waals surface area contributed by atoms with Crippen LogP contribution in [0.4, 0.5) is 0 Å². The van der Waals surface area contributed by atoms with Gasteiger partial charge >= 0.3 is 0 Å². The topological polar surface area (TPSA) is 32.3 Å². The predicted molar refractivity (Wildman–Crippen MR) is 67.5 cm³/mol. The third-order valence-electron chi connectivity index (χ3n) is 2.53. The van der Waals surface area contributed by atoms with Crippen molar-refractivity contribution in [3.05, 3.63) is 0 Å². The minimum Gasteiger partial charge on any atom is -0.345 e. The molecule has 0 saturated heterocycles. The van der Waals surface area contributed by atoms with Gasteiger partial charge in [-0.05, 0) is 25.9 Å². The average Bonchev–Trinajstić information content (AvgIpc) is 2.17. The van der Waals surface area contributed by atoms with Gasteiger partial charge in [-0.15, -0.1) is 12.4 Å². The second-order valence-corrected chi connectivity index (χ2v) is 3.99. The summed E-state index contributed by atoms with van der Waals surface area (Å²) < 4.78 is 0. The van der Waals surface area contributed by atoms with Crippen LogP contribution in [-0.4, -0.2) is 38.0 Å². The molecule has 15 heavy (non-hydrogen) atoms. The van der Waals surface area contributed by atoms with Crippen molar-refractivity contribution in [2.24, 2.45) is 5.92 Å². The van der Waals surface area contributed by atoms with Crippen LogP contribution in [-0.2, 0) is 4.79 Å². The molecule has 4 heteroatoms. The van der Waals surface area contributed by atoms with E-state index in [9.17, 15) is 4.79 Å². The van der Waals surface area contributed by atoms with E-state index in [0.717, 1.165) is 25.9 Å². The molecule has 0 heterocycles. The summed E-state index contributed by atoms with van der Waals surface area (Å²) in [5.41, 5.74) is 0. The third kappa shape index (κ3) is 8.70. The van der Waals surface area contributed by atoms with E-state index in [0.29, 0.717) is 12.3 Å². The molecule has 92 valence electrons. The number of hydrogen-bond acceptors (Lipinski definition) is 2. The quantitative estimate of drug-likeness (QED) is 0.685. The van der Waals surface area contributed by atoms with Crippen molar-refractivity contribution < 1.29 is 4.79 Å². The molecule has 1 N–H and O–H groups in total. The average molecular weight is 237 g/mol. The maximum Gasteiger partial charge on any atom is 0.222 e. The van der Waals surface area contributed by atoms with E-state index in [4.69, 9.17) is 0 Å². The molecular weight excluding hydrogens is 212 g/mol. The van der Waals surface area contributed by atoms with Crippen LogP contribution in [0.25, 0.3) is 0 Å². The molecule has 0 bridgehead atoms. The number of halogens is 1. The summed E-state index contributed by atoms with van der Waals surface area (Å²) in [4.78, 5) is 13.4. The van der Waals surface area contributed by atoms with Crippen molar-refractivity contribution in [1.82, 2.24) is 10.2 Å². The zero-order chi connectivity index (χ0) is 11.0. The lowest BCUT2D eigenvalue weighted by Gasteiger charge is -2.20. The van der Waals surface area contributed by atoms with Gasteiger partial charge in [0.15, 0.2) is 0 Å². The zero-order valence-electron chi connectivity index (χ0n) is 10.4. The number of rotatable bonds is 7. The molecule has 0 aliphatic carbocycles. The van der Waals surface area contributed by atoms with E-state index in [2.05, 4.69) is 19.2 Å². The van der Waals surface area contributed by atoms with E-state index in [-0.39, 0.29) is 18.3 Å². The first-order valence-electron chi connectivity index (χ1n) is 5.50. The Morgan fingerprint density at radius 1 is 1.47 bits per heavy atom. The summed E-state index contributed by atoms with van der Waals surface area (Å²) in [6.45, 7) is 6.14. The van der Waals surface area contributed by atoms with Crippen molar-refractivity contribution in [1.29, 1.82) is 0 Å². The van der Waals surface area contributed by atoms with Gasteiger partial charge < -0.3 is 10.2 Å². The number of carbonyl (C=O) groups excluding carboxylic acids is 1. The Hall–Kier alpha value is -0.280. The van der Waals surface area contributed by atoms with E-state index in [1.165, 1.54) is 0 Å². The number of carbonyl (C=O) groups is 1. The second-order valence-electron chi connectivity index (χ2n) is 3.99. The Kier molecular flexibility index (Phi) is 11.7. The van der Waals surface area contributed by atoms with Gasteiger partial charge in [0.2, 0.25) is 5.91 Å². The van der Waals surface area contributed by atoms with Crippen LogP contribution in [0.15, 0.2) is 0 Å². The fraction of sp³-hybridized carbons (Fsp3) is 0.909. The van der Waals surface area contributed by atoms with Crippen molar-refractivity contribution in [2.45, 2.75) is 33.1 Å². The van der Waals surface area contributed by atoms with Crippen LogP contribution in [0.5, 0.6) is 0 Å². The van der Waals surface area contributed by atoms with Gasteiger partial charge in [0, 0.05) is 20.0 Å². The first kappa shape index (κ1) is 17.1. The summed E-state index contributed by atoms with van der Waals surface area (Å²) in [7, 11) is 3.81. The molecule has 3 nitrogen and oxygen atoms in total. The molecule has 0 aliphatic heterocycles. The van der Waals surface area contributed by atoms with Gasteiger partial charge in [0.1, 0.15) is 0 Å². The van der Waals surface area contributed by atoms with Gasteiger partial charge in [-0.3, -0.25) is 4.79 Å². The maximum absolute atomic E-state index is 11.6. The van der Waals surface area contributed by atoms with Crippen molar-refractivity contribution >= 4 is 18.3 Å². The molecule has 0 rings (SSSR count). The Balaban J connectivity index is 0. The van der Waals surface area contributed by atoms with Gasteiger partial charge in [-0.2, -0.15) is 0 Å². The third-order valence-corrected chi connectivity index (χ3v) is 2.53. The lowest BCUT2D eigenvalue weighted by Crippen LogP contribution is -2.31. The summed E-state index contributed by atoms with van der Waals surface area (Å²) in [6, 6.07) is 0. The molecule has 1 atom stereocenters. The molecule has 0 aliphatic rings. The summed E-state index contributed by atoms with van der Waals surface area (Å²) in [6.07, 6.45) is 2.72. The number of nitrogens with zero attached hydrogens (tertiary/aromatic N) is 1. The highest BCUT2D eigenvalue weighted by molar-refractivity contribution is 5.85. The number of amides is 1. The minimum atomic E-state index is 0. The fourth-order valence-corrected chi connectivity index (χ4v) is 1.31. The van der Waals surface area contributed by atoms with Crippen molar-refractivity contribution in [2.75, 3.05) is 27.2 Å². The standard InChI is InChI=1S/C11H24N2O.ClH/c1-5-10(2)9-13(4)11(14)7-6-8-12-3;/h10,12H,5-9H2,1-4H3;1H. The summed E-state index contributed by atoms with van der Waals surface area (Å²) in [5.74, 6) is 0.869. The summed E-state index contributed by atoms with van der Waals surface area (Å²) in [5, 5.41) is 3.04. The highest BCUT2D eigenvalue weighted by atomic mass is 35.5. The van der Waals surface area contributed by atoms with Crippen molar-refractivity contribution in [3.8, 4) is 0 Å². The van der Waals surface area contributed by atoms with E-state index in [1.807, 2.05) is 19.0 Å². The van der Waals surface area contributed by atoms with E-state index >= 15 is 0 Å². The Morgan fingerprint density at radius 3 is 2.53 bits per heavy atom. The molecule has 0 radical (unpaired) electrons. The SMILES string of the molecule is CCC(C)CN(C)C(=O)CCCNC.Cl. The molecule has 0 spiro atoms. The minimum absolute atomic E-state index is 0. The zero-order valence-corrected chi connectivity index (χ0v) is 11.2. The smallest absolute Gasteiger partial charge is 0.222 e. The summed E-state index contributed by atoms with van der Waals surface area (Å²) >= 11 is 0. The number of nitrogens with one attached hydrogen (secondary N) is 1. The van der Waals surface area contributed by atoms with Gasteiger partial charge in [0.25, 0.3) is 0 Å². The highest BCUT2D eigenvalue weighted by Gasteiger charge is 2.10. The van der Waals surface area contributed by atoms with Gasteiger partial charge in [-0.25, -0.2) is 0 Å². The largest absolute Gasteiger partial charge is 0.345 e. The van der Waals surface area contributed by atoms with Gasteiger partial charge in [0.05, 0.1) is 0 Å². The molecule has 0 aromatic carbocycles. The van der Waals surface area contributed by atoms with Crippen LogP contribution in [0.2, 0.25) is 0 Å². The number of hydrogen-bond donors (Lipinski definition) is 1. The fourth-order valence-electron chi connectivity index (χ4n) is 1.31. The maximum atomic E-state index is 11.6. The Bertz CT molecular complexity index is 165. The van der Waals surface area contributed by atoms with Crippen LogP contribution in [0, 0.1) is 5.92 Å².